The summed E-state index contributed by atoms with van der Waals surface area (Å²) in [5, 5.41) is 6.87. The van der Waals surface area contributed by atoms with Crippen molar-refractivity contribution in [2.24, 2.45) is 10.9 Å². The van der Waals surface area contributed by atoms with Crippen molar-refractivity contribution in [1.29, 1.82) is 0 Å². The van der Waals surface area contributed by atoms with Crippen LogP contribution in [0.3, 0.4) is 0 Å². The van der Waals surface area contributed by atoms with Crippen LogP contribution in [0.15, 0.2) is 46.0 Å². The molecule has 1 saturated heterocycles. The molecule has 3 rings (SSSR count). The monoisotopic (exact) mass is 513 g/mol. The normalized spacial score (nSPS) is 16.3. The Balaban J connectivity index is 0.00000300. The van der Waals surface area contributed by atoms with Gasteiger partial charge in [-0.25, -0.2) is 0 Å². The van der Waals surface area contributed by atoms with Crippen molar-refractivity contribution in [2.45, 2.75) is 26.2 Å². The number of hydrogen-bond donors (Lipinski definition) is 2. The van der Waals surface area contributed by atoms with Gasteiger partial charge in [-0.05, 0) is 43.5 Å². The highest BCUT2D eigenvalue weighted by atomic mass is 127. The topological polar surface area (TPSA) is 68.0 Å². The number of ether oxygens (including phenoxy) is 2. The number of aliphatic imine (C=N–C) groups is 1. The zero-order chi connectivity index (χ0) is 19.6. The Hall–Kier alpha value is -1.74. The van der Waals surface area contributed by atoms with E-state index >= 15 is 0 Å². The Kier molecular flexibility index (Phi) is 10.3. The predicted molar refractivity (Wildman–Crippen MR) is 126 cm³/mol. The number of nitrogens with zero attached hydrogens (tertiary/aromatic N) is 1. The molecule has 0 bridgehead atoms. The van der Waals surface area contributed by atoms with E-state index in [1.165, 1.54) is 11.1 Å². The number of methoxy groups -OCH3 is 1. The SMILES string of the molecule is COc1ccc(C)cc1CCNC(=NCC1CCOC1)NCCc1ccco1.I. The molecule has 1 aliphatic rings. The van der Waals surface area contributed by atoms with E-state index in [9.17, 15) is 0 Å². The van der Waals surface area contributed by atoms with Crippen LogP contribution in [0, 0.1) is 12.8 Å². The lowest BCUT2D eigenvalue weighted by Crippen LogP contribution is -2.39. The molecule has 0 radical (unpaired) electrons. The summed E-state index contributed by atoms with van der Waals surface area (Å²) in [6, 6.07) is 10.2. The van der Waals surface area contributed by atoms with E-state index in [0.717, 1.165) is 69.6 Å². The third-order valence-corrected chi connectivity index (χ3v) is 4.90. The lowest BCUT2D eigenvalue weighted by atomic mass is 10.1. The first kappa shape index (κ1) is 23.5. The first-order valence-electron chi connectivity index (χ1n) is 10.0. The van der Waals surface area contributed by atoms with Crippen molar-refractivity contribution in [3.8, 4) is 5.75 Å². The quantitative estimate of drug-likeness (QED) is 0.305. The number of hydrogen-bond acceptors (Lipinski definition) is 4. The van der Waals surface area contributed by atoms with E-state index in [0.29, 0.717) is 5.92 Å². The molecule has 1 fully saturated rings. The van der Waals surface area contributed by atoms with Crippen molar-refractivity contribution in [1.82, 2.24) is 10.6 Å². The van der Waals surface area contributed by atoms with Crippen LogP contribution in [-0.4, -0.2) is 45.9 Å². The van der Waals surface area contributed by atoms with Gasteiger partial charge in [-0.3, -0.25) is 4.99 Å². The van der Waals surface area contributed by atoms with Crippen LogP contribution in [-0.2, 0) is 17.6 Å². The smallest absolute Gasteiger partial charge is 0.191 e. The van der Waals surface area contributed by atoms with Gasteiger partial charge in [0.15, 0.2) is 5.96 Å². The molecule has 0 amide bonds. The molecule has 2 N–H and O–H groups in total. The lowest BCUT2D eigenvalue weighted by Gasteiger charge is -2.15. The van der Waals surface area contributed by atoms with Gasteiger partial charge in [-0.15, -0.1) is 24.0 Å². The summed E-state index contributed by atoms with van der Waals surface area (Å²) in [7, 11) is 1.72. The van der Waals surface area contributed by atoms with E-state index in [1.54, 1.807) is 13.4 Å². The number of nitrogens with one attached hydrogen (secondary N) is 2. The summed E-state index contributed by atoms with van der Waals surface area (Å²) in [6.45, 7) is 6.10. The number of benzene rings is 1. The number of rotatable bonds is 9. The average molecular weight is 513 g/mol. The van der Waals surface area contributed by atoms with Crippen LogP contribution in [0.2, 0.25) is 0 Å². The van der Waals surface area contributed by atoms with Gasteiger partial charge in [0.2, 0.25) is 0 Å². The molecular formula is C22H32IN3O3. The van der Waals surface area contributed by atoms with E-state index < -0.39 is 0 Å². The summed E-state index contributed by atoms with van der Waals surface area (Å²) < 4.78 is 16.3. The third-order valence-electron chi connectivity index (χ3n) is 4.90. The summed E-state index contributed by atoms with van der Waals surface area (Å²) in [5.41, 5.74) is 2.44. The van der Waals surface area contributed by atoms with E-state index in [2.05, 4.69) is 29.7 Å². The van der Waals surface area contributed by atoms with Gasteiger partial charge in [0.05, 0.1) is 20.0 Å². The second kappa shape index (κ2) is 12.7. The Morgan fingerprint density at radius 2 is 2.03 bits per heavy atom. The van der Waals surface area contributed by atoms with Crippen molar-refractivity contribution >= 4 is 29.9 Å². The highest BCUT2D eigenvalue weighted by molar-refractivity contribution is 14.0. The maximum Gasteiger partial charge on any atom is 0.191 e. The predicted octanol–water partition coefficient (Wildman–Crippen LogP) is 3.57. The minimum atomic E-state index is 0. The molecule has 1 aromatic heterocycles. The molecule has 0 saturated carbocycles. The van der Waals surface area contributed by atoms with Crippen LogP contribution in [0.4, 0.5) is 0 Å². The van der Waals surface area contributed by atoms with Gasteiger partial charge in [0.25, 0.3) is 0 Å². The number of halogens is 1. The van der Waals surface area contributed by atoms with Gasteiger partial charge < -0.3 is 24.5 Å². The number of aryl methyl sites for hydroxylation is 1. The minimum Gasteiger partial charge on any atom is -0.496 e. The summed E-state index contributed by atoms with van der Waals surface area (Å²) in [5.74, 6) is 3.26. The molecule has 2 aromatic rings. The third kappa shape index (κ3) is 7.89. The fraction of sp³-hybridized carbons (Fsp3) is 0.500. The Labute approximate surface area is 190 Å². The molecule has 0 aliphatic carbocycles. The van der Waals surface area contributed by atoms with Gasteiger partial charge in [0, 0.05) is 38.6 Å². The number of furan rings is 1. The van der Waals surface area contributed by atoms with Crippen LogP contribution in [0.25, 0.3) is 0 Å². The van der Waals surface area contributed by atoms with E-state index in [-0.39, 0.29) is 24.0 Å². The zero-order valence-electron chi connectivity index (χ0n) is 17.3. The van der Waals surface area contributed by atoms with Crippen LogP contribution in [0.1, 0.15) is 23.3 Å². The molecule has 1 aromatic carbocycles. The van der Waals surface area contributed by atoms with Crippen LogP contribution in [0.5, 0.6) is 5.75 Å². The van der Waals surface area contributed by atoms with Gasteiger partial charge in [0.1, 0.15) is 11.5 Å². The first-order valence-corrected chi connectivity index (χ1v) is 10.0. The number of guanidine groups is 1. The largest absolute Gasteiger partial charge is 0.496 e. The van der Waals surface area contributed by atoms with Crippen molar-refractivity contribution < 1.29 is 13.9 Å². The molecular weight excluding hydrogens is 481 g/mol. The Bertz CT molecular complexity index is 744. The fourth-order valence-electron chi connectivity index (χ4n) is 3.30. The molecule has 0 spiro atoms. The zero-order valence-corrected chi connectivity index (χ0v) is 19.6. The summed E-state index contributed by atoms with van der Waals surface area (Å²) >= 11 is 0. The van der Waals surface area contributed by atoms with E-state index in [4.69, 9.17) is 18.9 Å². The molecule has 160 valence electrons. The van der Waals surface area contributed by atoms with Gasteiger partial charge >= 0.3 is 0 Å². The highest BCUT2D eigenvalue weighted by Gasteiger charge is 2.15. The van der Waals surface area contributed by atoms with Crippen LogP contribution < -0.4 is 15.4 Å². The molecule has 1 unspecified atom stereocenters. The molecule has 7 heteroatoms. The minimum absolute atomic E-state index is 0. The molecule has 2 heterocycles. The highest BCUT2D eigenvalue weighted by Crippen LogP contribution is 2.19. The second-order valence-corrected chi connectivity index (χ2v) is 7.17. The molecule has 6 nitrogen and oxygen atoms in total. The molecule has 29 heavy (non-hydrogen) atoms. The van der Waals surface area contributed by atoms with Crippen molar-refractivity contribution in [3.63, 3.8) is 0 Å². The summed E-state index contributed by atoms with van der Waals surface area (Å²) in [6.07, 6.45) is 4.49. The maximum atomic E-state index is 5.48. The van der Waals surface area contributed by atoms with Gasteiger partial charge in [-0.2, -0.15) is 0 Å². The Morgan fingerprint density at radius 3 is 2.72 bits per heavy atom. The fourth-order valence-corrected chi connectivity index (χ4v) is 3.30. The second-order valence-electron chi connectivity index (χ2n) is 7.17. The Morgan fingerprint density at radius 1 is 1.21 bits per heavy atom. The van der Waals surface area contributed by atoms with Crippen molar-refractivity contribution in [2.75, 3.05) is 40.0 Å². The van der Waals surface area contributed by atoms with Gasteiger partial charge in [-0.1, -0.05) is 17.7 Å². The maximum absolute atomic E-state index is 5.48. The summed E-state index contributed by atoms with van der Waals surface area (Å²) in [4.78, 5) is 4.77. The average Bonchev–Trinajstić information content (AvgIpc) is 3.40. The van der Waals surface area contributed by atoms with Crippen molar-refractivity contribution in [3.05, 3.63) is 53.5 Å². The lowest BCUT2D eigenvalue weighted by molar-refractivity contribution is 0.187. The molecule has 1 aliphatic heterocycles. The molecule has 1 atom stereocenters. The van der Waals surface area contributed by atoms with E-state index in [1.807, 2.05) is 18.2 Å². The first-order chi connectivity index (χ1) is 13.7. The van der Waals surface area contributed by atoms with Crippen LogP contribution >= 0.6 is 24.0 Å². The standard InChI is InChI=1S/C22H31N3O3.HI/c1-17-5-6-21(26-2)19(14-17)7-10-23-22(25-15-18-9-13-27-16-18)24-11-8-20-4-3-12-28-20;/h3-6,12,14,18H,7-11,13,15-16H2,1-2H3,(H2,23,24,25);1H.